The third-order valence-electron chi connectivity index (χ3n) is 1.29. The summed E-state index contributed by atoms with van der Waals surface area (Å²) >= 11 is 0. The molecule has 0 amide bonds. The van der Waals surface area contributed by atoms with Gasteiger partial charge >= 0.3 is 5.97 Å². The Morgan fingerprint density at radius 1 is 1.62 bits per heavy atom. The van der Waals surface area contributed by atoms with E-state index in [0.717, 1.165) is 0 Å². The lowest BCUT2D eigenvalue weighted by molar-refractivity contribution is -0.164. The molecule has 0 saturated heterocycles. The minimum atomic E-state index is -0.514. The average molecular weight is 184 g/mol. The first-order chi connectivity index (χ1) is 6.11. The maximum Gasteiger partial charge on any atom is 0.336 e. The van der Waals surface area contributed by atoms with Gasteiger partial charge in [0.15, 0.2) is 0 Å². The first-order valence-electron chi connectivity index (χ1n) is 4.24. The van der Waals surface area contributed by atoms with Crippen LogP contribution in [0.25, 0.3) is 0 Å². The lowest BCUT2D eigenvalue weighted by Gasteiger charge is -2.14. The van der Waals surface area contributed by atoms with E-state index in [4.69, 9.17) is 9.47 Å². The van der Waals surface area contributed by atoms with Gasteiger partial charge in [0.25, 0.3) is 0 Å². The Labute approximate surface area is 79.0 Å². The number of carbonyl (C=O) groups excluding carboxylic acids is 1. The highest BCUT2D eigenvalue weighted by Gasteiger charge is 2.11. The predicted molar refractivity (Wildman–Crippen MR) is 50.9 cm³/mol. The van der Waals surface area contributed by atoms with Crippen molar-refractivity contribution in [2.24, 2.45) is 0 Å². The minimum absolute atomic E-state index is 0.377. The van der Waals surface area contributed by atoms with E-state index in [2.05, 4.69) is 6.58 Å². The fourth-order valence-corrected chi connectivity index (χ4v) is 0.594. The summed E-state index contributed by atoms with van der Waals surface area (Å²) in [5, 5.41) is 0. The standard InChI is InChI=1S/C10H16O3/c1-5-7-12-9(6-2)13-10(11)8(3)4/h5,7,9H,3,6H2,1-2,4H3/b7-5+. The number of hydrogen-bond acceptors (Lipinski definition) is 3. The summed E-state index contributed by atoms with van der Waals surface area (Å²) in [6, 6.07) is 0. The highest BCUT2D eigenvalue weighted by atomic mass is 16.7. The number of ether oxygens (including phenoxy) is 2. The van der Waals surface area contributed by atoms with Crippen LogP contribution in [0.4, 0.5) is 0 Å². The molecule has 0 aliphatic rings. The van der Waals surface area contributed by atoms with Crippen molar-refractivity contribution in [3.05, 3.63) is 24.5 Å². The first-order valence-corrected chi connectivity index (χ1v) is 4.24. The fourth-order valence-electron chi connectivity index (χ4n) is 0.594. The molecule has 0 rings (SSSR count). The molecule has 0 fully saturated rings. The Morgan fingerprint density at radius 2 is 2.23 bits per heavy atom. The normalized spacial score (nSPS) is 12.5. The van der Waals surface area contributed by atoms with Crippen LogP contribution < -0.4 is 0 Å². The molecule has 0 aliphatic heterocycles. The van der Waals surface area contributed by atoms with Crippen LogP contribution in [0.2, 0.25) is 0 Å². The highest BCUT2D eigenvalue weighted by Crippen LogP contribution is 2.04. The van der Waals surface area contributed by atoms with Gasteiger partial charge in [0.05, 0.1) is 6.26 Å². The molecule has 74 valence electrons. The molecule has 0 spiro atoms. The summed E-state index contributed by atoms with van der Waals surface area (Å²) in [4.78, 5) is 11.0. The lowest BCUT2D eigenvalue weighted by Crippen LogP contribution is -2.18. The van der Waals surface area contributed by atoms with Crippen molar-refractivity contribution in [1.29, 1.82) is 0 Å². The predicted octanol–water partition coefficient (Wildman–Crippen LogP) is 2.39. The van der Waals surface area contributed by atoms with Gasteiger partial charge in [-0.2, -0.15) is 0 Å². The van der Waals surface area contributed by atoms with E-state index in [1.54, 1.807) is 13.0 Å². The van der Waals surface area contributed by atoms with Crippen molar-refractivity contribution in [2.45, 2.75) is 33.5 Å². The van der Waals surface area contributed by atoms with E-state index in [1.807, 2.05) is 13.8 Å². The Hall–Kier alpha value is -1.25. The minimum Gasteiger partial charge on any atom is -0.463 e. The van der Waals surface area contributed by atoms with Crippen molar-refractivity contribution in [3.8, 4) is 0 Å². The molecule has 1 unspecified atom stereocenters. The Morgan fingerprint density at radius 3 is 2.62 bits per heavy atom. The summed E-state index contributed by atoms with van der Waals surface area (Å²) in [5.41, 5.74) is 0.377. The zero-order valence-electron chi connectivity index (χ0n) is 8.37. The van der Waals surface area contributed by atoms with E-state index in [0.29, 0.717) is 12.0 Å². The monoisotopic (exact) mass is 184 g/mol. The number of rotatable bonds is 5. The SMILES string of the molecule is C=C(C)C(=O)OC(CC)O/C=C/C. The van der Waals surface area contributed by atoms with Crippen LogP contribution in [0.5, 0.6) is 0 Å². The second-order valence-electron chi connectivity index (χ2n) is 2.63. The molecule has 0 aromatic rings. The first kappa shape index (κ1) is 11.8. The number of carbonyl (C=O) groups is 1. The second kappa shape index (κ2) is 6.29. The molecule has 3 nitrogen and oxygen atoms in total. The van der Waals surface area contributed by atoms with Gasteiger partial charge in [0.2, 0.25) is 6.29 Å². The third-order valence-corrected chi connectivity index (χ3v) is 1.29. The molecule has 0 heterocycles. The molecular formula is C10H16O3. The molecule has 0 aliphatic carbocycles. The van der Waals surface area contributed by atoms with Gasteiger partial charge in [-0.3, -0.25) is 0 Å². The zero-order valence-corrected chi connectivity index (χ0v) is 8.37. The Balaban J connectivity index is 3.97. The molecule has 0 saturated carbocycles. The van der Waals surface area contributed by atoms with Gasteiger partial charge in [0.1, 0.15) is 0 Å². The summed E-state index contributed by atoms with van der Waals surface area (Å²) < 4.78 is 10.0. The second-order valence-corrected chi connectivity index (χ2v) is 2.63. The quantitative estimate of drug-likeness (QED) is 0.285. The zero-order chi connectivity index (χ0) is 10.3. The average Bonchev–Trinajstić information content (AvgIpc) is 2.11. The topological polar surface area (TPSA) is 35.5 Å². The maximum absolute atomic E-state index is 11.0. The van der Waals surface area contributed by atoms with Crippen molar-refractivity contribution >= 4 is 5.97 Å². The van der Waals surface area contributed by atoms with Crippen LogP contribution in [-0.4, -0.2) is 12.3 Å². The third kappa shape index (κ3) is 5.06. The summed E-state index contributed by atoms with van der Waals surface area (Å²) in [6.07, 6.45) is 3.33. The van der Waals surface area contributed by atoms with Crippen molar-refractivity contribution < 1.29 is 14.3 Å². The van der Waals surface area contributed by atoms with Gasteiger partial charge in [-0.05, 0) is 13.8 Å². The lowest BCUT2D eigenvalue weighted by atomic mass is 10.3. The van der Waals surface area contributed by atoms with E-state index < -0.39 is 12.3 Å². The summed E-state index contributed by atoms with van der Waals surface area (Å²) in [7, 11) is 0. The van der Waals surface area contributed by atoms with E-state index >= 15 is 0 Å². The smallest absolute Gasteiger partial charge is 0.336 e. The fraction of sp³-hybridized carbons (Fsp3) is 0.500. The Bertz CT molecular complexity index is 206. The van der Waals surface area contributed by atoms with Gasteiger partial charge in [0, 0.05) is 12.0 Å². The van der Waals surface area contributed by atoms with Gasteiger partial charge in [-0.25, -0.2) is 4.79 Å². The molecule has 1 atom stereocenters. The summed E-state index contributed by atoms with van der Waals surface area (Å²) in [6.45, 7) is 8.78. The number of hydrogen-bond donors (Lipinski definition) is 0. The van der Waals surface area contributed by atoms with Crippen molar-refractivity contribution in [2.75, 3.05) is 0 Å². The van der Waals surface area contributed by atoms with Crippen LogP contribution in [0.15, 0.2) is 24.5 Å². The number of esters is 1. The van der Waals surface area contributed by atoms with Crippen LogP contribution in [-0.2, 0) is 14.3 Å². The molecular weight excluding hydrogens is 168 g/mol. The highest BCUT2D eigenvalue weighted by molar-refractivity contribution is 5.86. The van der Waals surface area contributed by atoms with Crippen LogP contribution in [0.1, 0.15) is 27.2 Å². The molecule has 0 aromatic heterocycles. The van der Waals surface area contributed by atoms with E-state index in [-0.39, 0.29) is 0 Å². The van der Waals surface area contributed by atoms with Crippen LogP contribution in [0, 0.1) is 0 Å². The van der Waals surface area contributed by atoms with Crippen molar-refractivity contribution in [1.82, 2.24) is 0 Å². The molecule has 0 radical (unpaired) electrons. The molecule has 13 heavy (non-hydrogen) atoms. The van der Waals surface area contributed by atoms with Gasteiger partial charge < -0.3 is 9.47 Å². The number of allylic oxidation sites excluding steroid dienone is 1. The molecule has 0 N–H and O–H groups in total. The summed E-state index contributed by atoms with van der Waals surface area (Å²) in [5.74, 6) is -0.420. The van der Waals surface area contributed by atoms with Crippen LogP contribution in [0.3, 0.4) is 0 Å². The molecule has 0 bridgehead atoms. The maximum atomic E-state index is 11.0. The van der Waals surface area contributed by atoms with Gasteiger partial charge in [-0.15, -0.1) is 0 Å². The largest absolute Gasteiger partial charge is 0.463 e. The Kier molecular flexibility index (Phi) is 5.68. The van der Waals surface area contributed by atoms with Crippen LogP contribution >= 0.6 is 0 Å². The van der Waals surface area contributed by atoms with E-state index in [9.17, 15) is 4.79 Å². The van der Waals surface area contributed by atoms with Crippen molar-refractivity contribution in [3.63, 3.8) is 0 Å². The van der Waals surface area contributed by atoms with Gasteiger partial charge in [-0.1, -0.05) is 19.6 Å². The molecule has 3 heteroatoms. The van der Waals surface area contributed by atoms with E-state index in [1.165, 1.54) is 6.26 Å². The molecule has 0 aromatic carbocycles.